The maximum Gasteiger partial charge on any atom is 0.413 e. The van der Waals surface area contributed by atoms with E-state index in [1.807, 2.05) is 0 Å². The first-order valence-corrected chi connectivity index (χ1v) is 14.9. The van der Waals surface area contributed by atoms with E-state index in [1.54, 1.807) is 22.8 Å². The van der Waals surface area contributed by atoms with Gasteiger partial charge < -0.3 is 4.90 Å². The highest BCUT2D eigenvalue weighted by Crippen LogP contribution is 2.58. The zero-order valence-corrected chi connectivity index (χ0v) is 22.1. The molecule has 7 nitrogen and oxygen atoms in total. The molecule has 12 heteroatoms. The minimum atomic E-state index is -4.72. The Morgan fingerprint density at radius 2 is 1.82 bits per heavy atom. The third kappa shape index (κ3) is 4.40. The fraction of sp³-hybridized carbons (Fsp3) is 0.519. The van der Waals surface area contributed by atoms with Gasteiger partial charge in [0.25, 0.3) is 0 Å². The van der Waals surface area contributed by atoms with Crippen LogP contribution in [0.2, 0.25) is 0 Å². The second-order valence-corrected chi connectivity index (χ2v) is 13.5. The summed E-state index contributed by atoms with van der Waals surface area (Å²) in [6.45, 7) is 0. The third-order valence-corrected chi connectivity index (χ3v) is 10.6. The van der Waals surface area contributed by atoms with Gasteiger partial charge >= 0.3 is 6.18 Å². The van der Waals surface area contributed by atoms with Crippen LogP contribution in [0.25, 0.3) is 5.65 Å². The molecule has 2 fully saturated rings. The lowest BCUT2D eigenvalue weighted by Crippen LogP contribution is -2.44. The molecule has 2 aromatic heterocycles. The molecule has 1 aliphatic heterocycles. The molecule has 1 spiro atoms. The molecule has 1 aromatic carbocycles. The average Bonchev–Trinajstić information content (AvgIpc) is 3.41. The van der Waals surface area contributed by atoms with Crippen LogP contribution in [0.15, 0.2) is 36.5 Å². The van der Waals surface area contributed by atoms with Crippen LogP contribution in [0.3, 0.4) is 0 Å². The van der Waals surface area contributed by atoms with Crippen molar-refractivity contribution in [3.8, 4) is 0 Å². The maximum atomic E-state index is 14.3. The van der Waals surface area contributed by atoms with Crippen LogP contribution in [0.1, 0.15) is 72.9 Å². The Balaban J connectivity index is 1.29. The highest BCUT2D eigenvalue weighted by Gasteiger charge is 2.51. The molecule has 3 heterocycles. The number of benzene rings is 1. The number of carbonyl (C=O) groups excluding carboxylic acids is 1. The summed E-state index contributed by atoms with van der Waals surface area (Å²) in [6, 6.07) is 5.29. The number of aromatic nitrogens is 3. The van der Waals surface area contributed by atoms with Crippen molar-refractivity contribution < 1.29 is 30.8 Å². The first-order chi connectivity index (χ1) is 18.4. The molecule has 2 atom stereocenters. The predicted octanol–water partition coefficient (Wildman–Crippen LogP) is 4.71. The summed E-state index contributed by atoms with van der Waals surface area (Å²) >= 11 is 0. The van der Waals surface area contributed by atoms with Crippen LogP contribution in [0.4, 0.5) is 17.6 Å². The molecular formula is C27H28F4N4O3S. The Morgan fingerprint density at radius 1 is 1.15 bits per heavy atom. The molecule has 1 unspecified atom stereocenters. The van der Waals surface area contributed by atoms with Gasteiger partial charge in [-0.1, -0.05) is 30.7 Å². The topological polar surface area (TPSA) is 84.6 Å². The van der Waals surface area contributed by atoms with Crippen LogP contribution in [-0.2, 0) is 20.0 Å². The van der Waals surface area contributed by atoms with Crippen LogP contribution in [0.5, 0.6) is 0 Å². The summed E-state index contributed by atoms with van der Waals surface area (Å²) in [5.41, 5.74) is 2.88. The summed E-state index contributed by atoms with van der Waals surface area (Å²) in [6.07, 6.45) is 0.712. The lowest BCUT2D eigenvalue weighted by molar-refractivity contribution is -0.190. The van der Waals surface area contributed by atoms with Gasteiger partial charge in [0.15, 0.2) is 11.7 Å². The Morgan fingerprint density at radius 3 is 2.41 bits per heavy atom. The second-order valence-electron chi connectivity index (χ2n) is 11.2. The second kappa shape index (κ2) is 9.00. The minimum Gasteiger partial charge on any atom is -0.330 e. The van der Waals surface area contributed by atoms with Crippen LogP contribution >= 0.6 is 0 Å². The van der Waals surface area contributed by atoms with Gasteiger partial charge in [0.2, 0.25) is 11.9 Å². The Bertz CT molecular complexity index is 1530. The lowest BCUT2D eigenvalue weighted by Gasteiger charge is -2.39. The van der Waals surface area contributed by atoms with Crippen molar-refractivity contribution >= 4 is 21.4 Å². The van der Waals surface area contributed by atoms with Crippen LogP contribution in [0, 0.1) is 11.9 Å². The largest absolute Gasteiger partial charge is 0.413 e. The van der Waals surface area contributed by atoms with E-state index in [2.05, 4.69) is 10.1 Å². The quantitative estimate of drug-likeness (QED) is 0.429. The fourth-order valence-electron chi connectivity index (χ4n) is 6.74. The fourth-order valence-corrected chi connectivity index (χ4v) is 8.23. The zero-order chi connectivity index (χ0) is 27.7. The van der Waals surface area contributed by atoms with Gasteiger partial charge in [0.1, 0.15) is 9.84 Å². The monoisotopic (exact) mass is 564 g/mol. The number of sulfone groups is 1. The molecule has 0 bridgehead atoms. The van der Waals surface area contributed by atoms with Crippen molar-refractivity contribution in [2.75, 3.05) is 18.6 Å². The van der Waals surface area contributed by atoms with Crippen molar-refractivity contribution in [2.45, 2.75) is 62.1 Å². The van der Waals surface area contributed by atoms with E-state index in [0.29, 0.717) is 10.5 Å². The van der Waals surface area contributed by atoms with Crippen molar-refractivity contribution in [3.05, 3.63) is 64.9 Å². The molecule has 0 radical (unpaired) electrons. The summed E-state index contributed by atoms with van der Waals surface area (Å²) in [5, 5.41) is 4.03. The van der Waals surface area contributed by atoms with E-state index in [-0.39, 0.29) is 41.2 Å². The molecular weight excluding hydrogens is 536 g/mol. The first-order valence-electron chi connectivity index (χ1n) is 13.1. The maximum absolute atomic E-state index is 14.3. The normalized spacial score (nSPS) is 22.9. The van der Waals surface area contributed by atoms with E-state index in [1.165, 1.54) is 18.2 Å². The van der Waals surface area contributed by atoms with E-state index in [0.717, 1.165) is 49.6 Å². The SMILES string of the molecule is CN(C(=O)C1CCS(=O)(=O)CC1)[C@@H](c1ccc(C2CC3(CCC3)c3c2cnc2cc(F)nn32)cc1)C(F)(F)F. The molecule has 0 N–H and O–H groups in total. The average molecular weight is 565 g/mol. The van der Waals surface area contributed by atoms with Crippen molar-refractivity contribution in [3.63, 3.8) is 0 Å². The molecule has 1 amide bonds. The number of hydrogen-bond acceptors (Lipinski definition) is 5. The molecule has 1 saturated carbocycles. The van der Waals surface area contributed by atoms with Gasteiger partial charge in [-0.05, 0) is 43.2 Å². The summed E-state index contributed by atoms with van der Waals surface area (Å²) in [5.74, 6) is -2.57. The molecule has 3 aliphatic rings. The Labute approximate surface area is 223 Å². The number of hydrogen-bond donors (Lipinski definition) is 0. The van der Waals surface area contributed by atoms with E-state index in [4.69, 9.17) is 0 Å². The highest BCUT2D eigenvalue weighted by atomic mass is 32.2. The summed E-state index contributed by atoms with van der Waals surface area (Å²) in [7, 11) is -2.12. The number of halogens is 4. The minimum absolute atomic E-state index is 0.0271. The number of amides is 1. The highest BCUT2D eigenvalue weighted by molar-refractivity contribution is 7.91. The number of fused-ring (bicyclic) bond motifs is 4. The van der Waals surface area contributed by atoms with Crippen molar-refractivity contribution in [1.82, 2.24) is 19.5 Å². The molecule has 1 saturated heterocycles. The summed E-state index contributed by atoms with van der Waals surface area (Å²) in [4.78, 5) is 18.1. The van der Waals surface area contributed by atoms with Gasteiger partial charge in [-0.25, -0.2) is 17.9 Å². The number of alkyl halides is 3. The standard InChI is InChI=1S/C27H28F4N4O3S/c1-34(25(36)18-7-11-39(37,38)12-8-18)23(27(29,30)31)17-5-3-16(4-6-17)19-14-26(9-2-10-26)24-20(19)15-32-22-13-21(28)33-35(22)24/h3-6,13,15,18-19,23H,2,7-12,14H2,1H3/t19?,23-/m0/s1. The zero-order valence-electron chi connectivity index (χ0n) is 21.3. The molecule has 2 aliphatic carbocycles. The number of carbonyl (C=O) groups is 1. The number of nitrogens with zero attached hydrogens (tertiary/aromatic N) is 4. The Hall–Kier alpha value is -3.02. The predicted molar refractivity (Wildman–Crippen MR) is 134 cm³/mol. The number of rotatable bonds is 4. The smallest absolute Gasteiger partial charge is 0.330 e. The van der Waals surface area contributed by atoms with Crippen LogP contribution in [-0.4, -0.2) is 58.6 Å². The van der Waals surface area contributed by atoms with Crippen molar-refractivity contribution in [2.24, 2.45) is 5.92 Å². The van der Waals surface area contributed by atoms with Gasteiger partial charge in [-0.2, -0.15) is 17.6 Å². The van der Waals surface area contributed by atoms with E-state index < -0.39 is 39.8 Å². The molecule has 6 rings (SSSR count). The van der Waals surface area contributed by atoms with Crippen molar-refractivity contribution in [1.29, 1.82) is 0 Å². The lowest BCUT2D eigenvalue weighted by atomic mass is 9.66. The third-order valence-electron chi connectivity index (χ3n) is 8.87. The molecule has 208 valence electrons. The van der Waals surface area contributed by atoms with E-state index in [9.17, 15) is 30.8 Å². The van der Waals surface area contributed by atoms with Gasteiger partial charge in [-0.15, -0.1) is 5.10 Å². The van der Waals surface area contributed by atoms with Gasteiger partial charge in [-0.3, -0.25) is 4.79 Å². The Kier molecular flexibility index (Phi) is 6.05. The first kappa shape index (κ1) is 26.2. The van der Waals surface area contributed by atoms with E-state index >= 15 is 0 Å². The van der Waals surface area contributed by atoms with Gasteiger partial charge in [0.05, 0.1) is 17.2 Å². The summed E-state index contributed by atoms with van der Waals surface area (Å²) < 4.78 is 81.8. The molecule has 39 heavy (non-hydrogen) atoms. The van der Waals surface area contributed by atoms with Crippen LogP contribution < -0.4 is 0 Å². The molecule has 3 aromatic rings. The van der Waals surface area contributed by atoms with Gasteiger partial charge in [0, 0.05) is 42.1 Å².